The van der Waals surface area contributed by atoms with Crippen LogP contribution in [0.3, 0.4) is 0 Å². The van der Waals surface area contributed by atoms with Crippen molar-refractivity contribution >= 4 is 28.9 Å². The molecule has 1 heterocycles. The summed E-state index contributed by atoms with van der Waals surface area (Å²) in [5, 5.41) is 5.69. The first kappa shape index (κ1) is 13.3. The normalized spacial score (nSPS) is 10.1. The van der Waals surface area contributed by atoms with Crippen molar-refractivity contribution in [1.82, 2.24) is 4.98 Å². The lowest BCUT2D eigenvalue weighted by molar-refractivity contribution is 0.102. The van der Waals surface area contributed by atoms with Crippen molar-refractivity contribution in [2.75, 3.05) is 17.7 Å². The topological polar surface area (TPSA) is 54.0 Å². The van der Waals surface area contributed by atoms with Crippen molar-refractivity contribution in [2.45, 2.75) is 0 Å². The van der Waals surface area contributed by atoms with Crippen LogP contribution < -0.4 is 10.6 Å². The maximum absolute atomic E-state index is 13.1. The van der Waals surface area contributed by atoms with Gasteiger partial charge in [-0.2, -0.15) is 0 Å². The van der Waals surface area contributed by atoms with Crippen molar-refractivity contribution < 1.29 is 9.18 Å². The van der Waals surface area contributed by atoms with Gasteiger partial charge in [0.2, 0.25) is 0 Å². The zero-order valence-corrected chi connectivity index (χ0v) is 10.8. The number of aromatic nitrogens is 1. The fourth-order valence-electron chi connectivity index (χ4n) is 1.57. The monoisotopic (exact) mass is 279 g/mol. The van der Waals surface area contributed by atoms with Gasteiger partial charge in [-0.05, 0) is 24.3 Å². The second-order valence-electron chi connectivity index (χ2n) is 3.75. The summed E-state index contributed by atoms with van der Waals surface area (Å²) in [5.74, 6) is -0.859. The number of nitrogens with one attached hydrogen (secondary N) is 2. The molecular formula is C13H11ClFN3O. The number of hydrogen-bond acceptors (Lipinski definition) is 3. The van der Waals surface area contributed by atoms with Crippen LogP contribution in [-0.2, 0) is 0 Å². The van der Waals surface area contributed by atoms with E-state index in [0.29, 0.717) is 11.3 Å². The van der Waals surface area contributed by atoms with Gasteiger partial charge in [-0.3, -0.25) is 9.78 Å². The van der Waals surface area contributed by atoms with Crippen molar-refractivity contribution in [2.24, 2.45) is 0 Å². The van der Waals surface area contributed by atoms with Crippen molar-refractivity contribution in [3.63, 3.8) is 0 Å². The van der Waals surface area contributed by atoms with E-state index in [9.17, 15) is 9.18 Å². The molecule has 1 amide bonds. The Balaban J connectivity index is 2.28. The molecule has 2 aromatic rings. The highest BCUT2D eigenvalue weighted by molar-refractivity contribution is 6.34. The van der Waals surface area contributed by atoms with Crippen LogP contribution in [0.25, 0.3) is 0 Å². The number of amides is 1. The maximum atomic E-state index is 13.1. The molecule has 19 heavy (non-hydrogen) atoms. The van der Waals surface area contributed by atoms with Crippen LogP contribution in [0.2, 0.25) is 5.02 Å². The molecule has 2 N–H and O–H groups in total. The fourth-order valence-corrected chi connectivity index (χ4v) is 1.74. The Labute approximate surface area is 114 Å². The van der Waals surface area contributed by atoms with E-state index in [-0.39, 0.29) is 16.6 Å². The highest BCUT2D eigenvalue weighted by Gasteiger charge is 2.12. The first-order chi connectivity index (χ1) is 9.11. The van der Waals surface area contributed by atoms with Crippen LogP contribution in [0.15, 0.2) is 36.7 Å². The van der Waals surface area contributed by atoms with Crippen LogP contribution in [0.1, 0.15) is 10.4 Å². The third-order valence-corrected chi connectivity index (χ3v) is 2.84. The molecule has 0 atom stereocenters. The Kier molecular flexibility index (Phi) is 3.97. The molecule has 0 spiro atoms. The predicted octanol–water partition coefficient (Wildman–Crippen LogP) is 3.17. The van der Waals surface area contributed by atoms with Crippen molar-refractivity contribution in [1.29, 1.82) is 0 Å². The SMILES string of the molecule is CNc1cnccc1C(=O)Nc1cc(F)ccc1Cl. The van der Waals surface area contributed by atoms with Crippen LogP contribution in [0.5, 0.6) is 0 Å². The second kappa shape index (κ2) is 5.67. The van der Waals surface area contributed by atoms with Crippen LogP contribution in [0.4, 0.5) is 15.8 Å². The number of nitrogens with zero attached hydrogens (tertiary/aromatic N) is 1. The Morgan fingerprint density at radius 3 is 2.84 bits per heavy atom. The summed E-state index contributed by atoms with van der Waals surface area (Å²) in [5.41, 5.74) is 1.20. The van der Waals surface area contributed by atoms with Gasteiger partial charge < -0.3 is 10.6 Å². The third-order valence-electron chi connectivity index (χ3n) is 2.51. The maximum Gasteiger partial charge on any atom is 0.257 e. The van der Waals surface area contributed by atoms with Gasteiger partial charge in [-0.25, -0.2) is 4.39 Å². The lowest BCUT2D eigenvalue weighted by Gasteiger charge is -2.10. The van der Waals surface area contributed by atoms with E-state index in [2.05, 4.69) is 15.6 Å². The molecule has 0 radical (unpaired) electrons. The highest BCUT2D eigenvalue weighted by atomic mass is 35.5. The summed E-state index contributed by atoms with van der Waals surface area (Å²) in [6.07, 6.45) is 3.03. The Hall–Kier alpha value is -2.14. The molecular weight excluding hydrogens is 269 g/mol. The quantitative estimate of drug-likeness (QED) is 0.907. The molecule has 0 saturated heterocycles. The highest BCUT2D eigenvalue weighted by Crippen LogP contribution is 2.24. The lowest BCUT2D eigenvalue weighted by Crippen LogP contribution is -2.14. The molecule has 2 rings (SSSR count). The number of rotatable bonds is 3. The van der Waals surface area contributed by atoms with Crippen molar-refractivity contribution in [3.8, 4) is 0 Å². The van der Waals surface area contributed by atoms with E-state index in [0.717, 1.165) is 0 Å². The molecule has 0 saturated carbocycles. The number of anilines is 2. The molecule has 0 fully saturated rings. The summed E-state index contributed by atoms with van der Waals surface area (Å²) in [7, 11) is 1.68. The number of benzene rings is 1. The molecule has 98 valence electrons. The summed E-state index contributed by atoms with van der Waals surface area (Å²) >= 11 is 5.89. The average Bonchev–Trinajstić information content (AvgIpc) is 2.42. The van der Waals surface area contributed by atoms with Gasteiger partial charge in [-0.1, -0.05) is 11.6 Å². The largest absolute Gasteiger partial charge is 0.386 e. The zero-order valence-electron chi connectivity index (χ0n) is 10.1. The Bertz CT molecular complexity index is 619. The van der Waals surface area contributed by atoms with E-state index in [1.807, 2.05) is 0 Å². The second-order valence-corrected chi connectivity index (χ2v) is 4.16. The van der Waals surface area contributed by atoms with Gasteiger partial charge in [0.1, 0.15) is 5.82 Å². The fraction of sp³-hybridized carbons (Fsp3) is 0.0769. The molecule has 4 nitrogen and oxygen atoms in total. The number of carbonyl (C=O) groups is 1. The molecule has 0 bridgehead atoms. The summed E-state index contributed by atoms with van der Waals surface area (Å²) in [6.45, 7) is 0. The molecule has 6 heteroatoms. The van der Waals surface area contributed by atoms with Gasteiger partial charge in [0, 0.05) is 13.2 Å². The minimum Gasteiger partial charge on any atom is -0.386 e. The van der Waals surface area contributed by atoms with Crippen LogP contribution in [0, 0.1) is 5.82 Å². The van der Waals surface area contributed by atoms with E-state index < -0.39 is 5.82 Å². The number of carbonyl (C=O) groups excluding carboxylic acids is 1. The number of hydrogen-bond donors (Lipinski definition) is 2. The minimum absolute atomic E-state index is 0.227. The Morgan fingerprint density at radius 1 is 1.32 bits per heavy atom. The third kappa shape index (κ3) is 3.00. The summed E-state index contributed by atoms with van der Waals surface area (Å²) in [4.78, 5) is 16.0. The lowest BCUT2D eigenvalue weighted by atomic mass is 10.2. The molecule has 1 aromatic carbocycles. The zero-order chi connectivity index (χ0) is 13.8. The van der Waals surface area contributed by atoms with Crippen LogP contribution >= 0.6 is 11.6 Å². The average molecular weight is 280 g/mol. The minimum atomic E-state index is -0.469. The van der Waals surface area contributed by atoms with E-state index in [4.69, 9.17) is 11.6 Å². The number of pyridine rings is 1. The van der Waals surface area contributed by atoms with Crippen LogP contribution in [-0.4, -0.2) is 17.9 Å². The molecule has 0 aliphatic heterocycles. The van der Waals surface area contributed by atoms with Gasteiger partial charge in [0.15, 0.2) is 0 Å². The van der Waals surface area contributed by atoms with Crippen molar-refractivity contribution in [3.05, 3.63) is 53.1 Å². The van der Waals surface area contributed by atoms with Gasteiger partial charge in [0.05, 0.1) is 28.2 Å². The first-order valence-corrected chi connectivity index (χ1v) is 5.88. The summed E-state index contributed by atoms with van der Waals surface area (Å²) < 4.78 is 13.1. The smallest absolute Gasteiger partial charge is 0.257 e. The standard InChI is InChI=1S/C13H11ClFN3O/c1-16-12-7-17-5-4-9(12)13(19)18-11-6-8(15)2-3-10(11)14/h2-7,16H,1H3,(H,18,19). The van der Waals surface area contributed by atoms with Gasteiger partial charge >= 0.3 is 0 Å². The first-order valence-electron chi connectivity index (χ1n) is 5.50. The molecule has 0 aliphatic carbocycles. The Morgan fingerprint density at radius 2 is 2.11 bits per heavy atom. The molecule has 0 aliphatic rings. The summed E-state index contributed by atoms with van der Waals surface area (Å²) in [6, 6.07) is 5.34. The van der Waals surface area contributed by atoms with Gasteiger partial charge in [-0.15, -0.1) is 0 Å². The predicted molar refractivity (Wildman–Crippen MR) is 73.1 cm³/mol. The van der Waals surface area contributed by atoms with E-state index >= 15 is 0 Å². The van der Waals surface area contributed by atoms with E-state index in [1.165, 1.54) is 30.6 Å². The van der Waals surface area contributed by atoms with E-state index in [1.54, 1.807) is 13.1 Å². The number of halogens is 2. The molecule has 1 aromatic heterocycles. The molecule has 0 unspecified atom stereocenters. The van der Waals surface area contributed by atoms with Gasteiger partial charge in [0.25, 0.3) is 5.91 Å².